The lowest BCUT2D eigenvalue weighted by molar-refractivity contribution is -0.113. The van der Waals surface area contributed by atoms with Crippen LogP contribution in [0.3, 0.4) is 0 Å². The molecule has 7 nitrogen and oxygen atoms in total. The Morgan fingerprint density at radius 3 is 2.45 bits per heavy atom. The molecule has 0 saturated heterocycles. The number of carbonyl (C=O) groups is 2. The molecule has 1 atom stereocenters. The zero-order chi connectivity index (χ0) is 23.8. The van der Waals surface area contributed by atoms with Crippen molar-refractivity contribution in [3.8, 4) is 0 Å². The predicted molar refractivity (Wildman–Crippen MR) is 132 cm³/mol. The van der Waals surface area contributed by atoms with Crippen molar-refractivity contribution < 1.29 is 9.59 Å². The molecule has 1 aromatic heterocycles. The zero-order valence-electron chi connectivity index (χ0n) is 19.1. The molecule has 8 heteroatoms. The van der Waals surface area contributed by atoms with Crippen LogP contribution in [0.4, 0.5) is 5.69 Å². The number of amides is 2. The number of rotatable bonds is 10. The Hall–Kier alpha value is -3.39. The first-order chi connectivity index (χ1) is 15.9. The molecular formula is C25H29N5O2S. The Kier molecular flexibility index (Phi) is 8.43. The molecule has 2 aromatic carbocycles. The van der Waals surface area contributed by atoms with E-state index >= 15 is 0 Å². The maximum absolute atomic E-state index is 12.6. The van der Waals surface area contributed by atoms with Crippen LogP contribution in [0.5, 0.6) is 0 Å². The Morgan fingerprint density at radius 1 is 1.06 bits per heavy atom. The molecule has 1 heterocycles. The van der Waals surface area contributed by atoms with Gasteiger partial charge in [0.25, 0.3) is 5.91 Å². The molecular weight excluding hydrogens is 434 g/mol. The fourth-order valence-electron chi connectivity index (χ4n) is 3.39. The SMILES string of the molecule is C=CCn1c(SCC(=O)Nc2ccccc2C(C)C)nnc1[C@@H](C)NC(=O)c1ccccc1. The van der Waals surface area contributed by atoms with Gasteiger partial charge >= 0.3 is 0 Å². The Balaban J connectivity index is 1.67. The molecule has 0 aliphatic heterocycles. The second-order valence-electron chi connectivity index (χ2n) is 7.88. The van der Waals surface area contributed by atoms with Crippen LogP contribution in [0.2, 0.25) is 0 Å². The number of allylic oxidation sites excluding steroid dienone is 1. The summed E-state index contributed by atoms with van der Waals surface area (Å²) < 4.78 is 1.86. The lowest BCUT2D eigenvalue weighted by Crippen LogP contribution is -2.28. The number of benzene rings is 2. The van der Waals surface area contributed by atoms with Crippen molar-refractivity contribution in [3.63, 3.8) is 0 Å². The second kappa shape index (κ2) is 11.5. The van der Waals surface area contributed by atoms with Crippen LogP contribution in [0.25, 0.3) is 0 Å². The van der Waals surface area contributed by atoms with Gasteiger partial charge in [0.2, 0.25) is 5.91 Å². The summed E-state index contributed by atoms with van der Waals surface area (Å²) in [5.41, 5.74) is 2.49. The van der Waals surface area contributed by atoms with E-state index in [1.165, 1.54) is 11.8 Å². The van der Waals surface area contributed by atoms with E-state index in [-0.39, 0.29) is 23.6 Å². The Bertz CT molecular complexity index is 1110. The molecule has 172 valence electrons. The summed E-state index contributed by atoms with van der Waals surface area (Å²) in [5.74, 6) is 0.793. The normalized spacial score (nSPS) is 11.8. The van der Waals surface area contributed by atoms with Gasteiger partial charge in [0.05, 0.1) is 11.8 Å². The van der Waals surface area contributed by atoms with E-state index in [0.717, 1.165) is 11.3 Å². The van der Waals surface area contributed by atoms with E-state index in [4.69, 9.17) is 0 Å². The summed E-state index contributed by atoms with van der Waals surface area (Å²) >= 11 is 1.30. The highest BCUT2D eigenvalue weighted by molar-refractivity contribution is 7.99. The van der Waals surface area contributed by atoms with Crippen molar-refractivity contribution in [3.05, 3.63) is 84.2 Å². The fraction of sp³-hybridized carbons (Fsp3) is 0.280. The summed E-state index contributed by atoms with van der Waals surface area (Å²) in [6, 6.07) is 16.5. The third-order valence-corrected chi connectivity index (χ3v) is 5.98. The first kappa shape index (κ1) is 24.3. The summed E-state index contributed by atoms with van der Waals surface area (Å²) in [5, 5.41) is 15.1. The highest BCUT2D eigenvalue weighted by Gasteiger charge is 2.20. The molecule has 0 aliphatic rings. The summed E-state index contributed by atoms with van der Waals surface area (Å²) in [6.45, 7) is 10.3. The zero-order valence-corrected chi connectivity index (χ0v) is 19.9. The van der Waals surface area contributed by atoms with Gasteiger partial charge in [0.1, 0.15) is 0 Å². The van der Waals surface area contributed by atoms with E-state index in [1.54, 1.807) is 18.2 Å². The lowest BCUT2D eigenvalue weighted by atomic mass is 10.0. The highest BCUT2D eigenvalue weighted by atomic mass is 32.2. The average molecular weight is 464 g/mol. The first-order valence-electron chi connectivity index (χ1n) is 10.8. The quantitative estimate of drug-likeness (QED) is 0.333. The van der Waals surface area contributed by atoms with Crippen LogP contribution in [0.15, 0.2) is 72.4 Å². The van der Waals surface area contributed by atoms with Gasteiger partial charge in [-0.2, -0.15) is 0 Å². The number of anilines is 1. The number of carbonyl (C=O) groups excluding carboxylic acids is 2. The molecule has 0 spiro atoms. The lowest BCUT2D eigenvalue weighted by Gasteiger charge is -2.15. The van der Waals surface area contributed by atoms with E-state index < -0.39 is 0 Å². The number of aromatic nitrogens is 3. The van der Waals surface area contributed by atoms with E-state index in [0.29, 0.717) is 29.0 Å². The van der Waals surface area contributed by atoms with E-state index in [2.05, 4.69) is 41.3 Å². The minimum atomic E-state index is -0.369. The molecule has 2 N–H and O–H groups in total. The molecule has 0 saturated carbocycles. The molecule has 3 rings (SSSR count). The van der Waals surface area contributed by atoms with Gasteiger partial charge in [-0.05, 0) is 36.6 Å². The Labute approximate surface area is 198 Å². The molecule has 0 unspecified atom stereocenters. The molecule has 0 bridgehead atoms. The molecule has 0 fully saturated rings. The molecule has 3 aromatic rings. The maximum atomic E-state index is 12.6. The van der Waals surface area contributed by atoms with Crippen LogP contribution in [0, 0.1) is 0 Å². The number of hydrogen-bond acceptors (Lipinski definition) is 5. The standard InChI is InChI=1S/C25H29N5O2S/c1-5-15-30-23(18(4)26-24(32)19-11-7-6-8-12-19)28-29-25(30)33-16-22(31)27-21-14-10-9-13-20(21)17(2)3/h5-14,17-18H,1,15-16H2,2-4H3,(H,26,32)(H,27,31)/t18-/m1/s1. The van der Waals surface area contributed by atoms with Gasteiger partial charge in [0.15, 0.2) is 11.0 Å². The highest BCUT2D eigenvalue weighted by Crippen LogP contribution is 2.25. The number of thioether (sulfide) groups is 1. The van der Waals surface area contributed by atoms with Crippen LogP contribution >= 0.6 is 11.8 Å². The second-order valence-corrected chi connectivity index (χ2v) is 8.82. The van der Waals surface area contributed by atoms with Crippen LogP contribution < -0.4 is 10.6 Å². The molecule has 0 aliphatic carbocycles. The van der Waals surface area contributed by atoms with Crippen molar-refractivity contribution in [2.45, 2.75) is 44.4 Å². The number of hydrogen-bond donors (Lipinski definition) is 2. The van der Waals surface area contributed by atoms with Gasteiger partial charge in [0, 0.05) is 17.8 Å². The molecule has 33 heavy (non-hydrogen) atoms. The summed E-state index contributed by atoms with van der Waals surface area (Å²) in [7, 11) is 0. The third-order valence-electron chi connectivity index (χ3n) is 5.02. The summed E-state index contributed by atoms with van der Waals surface area (Å²) in [6.07, 6.45) is 1.74. The van der Waals surface area contributed by atoms with Crippen molar-refractivity contribution in [1.29, 1.82) is 0 Å². The fourth-order valence-corrected chi connectivity index (χ4v) is 4.15. The van der Waals surface area contributed by atoms with E-state index in [9.17, 15) is 9.59 Å². The first-order valence-corrected chi connectivity index (χ1v) is 11.8. The van der Waals surface area contributed by atoms with Crippen LogP contribution in [-0.2, 0) is 11.3 Å². The molecule has 0 radical (unpaired) electrons. The monoisotopic (exact) mass is 463 g/mol. The van der Waals surface area contributed by atoms with E-state index in [1.807, 2.05) is 54.0 Å². The van der Waals surface area contributed by atoms with Crippen molar-refractivity contribution in [2.75, 3.05) is 11.1 Å². The Morgan fingerprint density at radius 2 is 1.76 bits per heavy atom. The summed E-state index contributed by atoms with van der Waals surface area (Å²) in [4.78, 5) is 25.1. The minimum absolute atomic E-state index is 0.117. The minimum Gasteiger partial charge on any atom is -0.342 e. The average Bonchev–Trinajstić information content (AvgIpc) is 3.21. The topological polar surface area (TPSA) is 88.9 Å². The van der Waals surface area contributed by atoms with Gasteiger partial charge < -0.3 is 15.2 Å². The van der Waals surface area contributed by atoms with Crippen LogP contribution in [-0.4, -0.2) is 32.3 Å². The van der Waals surface area contributed by atoms with Gasteiger partial charge in [-0.25, -0.2) is 0 Å². The van der Waals surface area contributed by atoms with Crippen molar-refractivity contribution in [2.24, 2.45) is 0 Å². The number of para-hydroxylation sites is 1. The van der Waals surface area contributed by atoms with Gasteiger partial charge in [-0.15, -0.1) is 16.8 Å². The number of nitrogens with one attached hydrogen (secondary N) is 2. The van der Waals surface area contributed by atoms with Crippen molar-refractivity contribution >= 4 is 29.3 Å². The molecule has 2 amide bonds. The van der Waals surface area contributed by atoms with Gasteiger partial charge in [-0.1, -0.05) is 68.1 Å². The predicted octanol–water partition coefficient (Wildman–Crippen LogP) is 4.81. The maximum Gasteiger partial charge on any atom is 0.251 e. The number of nitrogens with zero attached hydrogens (tertiary/aromatic N) is 3. The van der Waals surface area contributed by atoms with Gasteiger partial charge in [-0.3, -0.25) is 9.59 Å². The van der Waals surface area contributed by atoms with Crippen molar-refractivity contribution in [1.82, 2.24) is 20.1 Å². The smallest absolute Gasteiger partial charge is 0.251 e. The largest absolute Gasteiger partial charge is 0.342 e. The third kappa shape index (κ3) is 6.32. The van der Waals surface area contributed by atoms with Crippen LogP contribution in [0.1, 0.15) is 54.5 Å².